The van der Waals surface area contributed by atoms with Gasteiger partial charge in [-0.1, -0.05) is 6.92 Å². The lowest BCUT2D eigenvalue weighted by atomic mass is 10.1. The molecule has 1 heterocycles. The van der Waals surface area contributed by atoms with E-state index >= 15 is 0 Å². The number of rotatable bonds is 4. The summed E-state index contributed by atoms with van der Waals surface area (Å²) in [5, 5.41) is 18.5. The van der Waals surface area contributed by atoms with Crippen molar-refractivity contribution in [2.45, 2.75) is 26.3 Å². The molecule has 0 fully saturated rings. The molecule has 7 nitrogen and oxygen atoms in total. The highest BCUT2D eigenvalue weighted by Gasteiger charge is 2.16. The van der Waals surface area contributed by atoms with Crippen LogP contribution in [-0.4, -0.2) is 15.1 Å². The Labute approximate surface area is 109 Å². The van der Waals surface area contributed by atoms with Gasteiger partial charge in [-0.25, -0.2) is 0 Å². The van der Waals surface area contributed by atoms with E-state index in [2.05, 4.69) is 10.2 Å². The second-order valence-electron chi connectivity index (χ2n) is 4.27. The number of aryl methyl sites for hydroxylation is 1. The SMILES string of the molecule is CCC(N)c1nnc(-c2cc(C)cc([N+](=O)[O-])c2)o1. The molecule has 7 heteroatoms. The molecule has 0 saturated carbocycles. The summed E-state index contributed by atoms with van der Waals surface area (Å²) in [5.41, 5.74) is 7.06. The Morgan fingerprint density at radius 2 is 2.16 bits per heavy atom. The zero-order chi connectivity index (χ0) is 14.0. The van der Waals surface area contributed by atoms with Gasteiger partial charge in [0.25, 0.3) is 5.69 Å². The molecule has 0 saturated heterocycles. The van der Waals surface area contributed by atoms with Gasteiger partial charge in [0.1, 0.15) is 0 Å². The van der Waals surface area contributed by atoms with E-state index in [1.807, 2.05) is 6.92 Å². The molecule has 0 aliphatic heterocycles. The number of nitro benzene ring substituents is 1. The van der Waals surface area contributed by atoms with E-state index in [-0.39, 0.29) is 17.6 Å². The standard InChI is InChI=1S/C12H14N4O3/c1-3-10(13)12-15-14-11(19-12)8-4-7(2)5-9(6-8)16(17)18/h4-6,10H,3,13H2,1-2H3. The molecule has 1 atom stereocenters. The van der Waals surface area contributed by atoms with Gasteiger partial charge in [0.2, 0.25) is 11.8 Å². The van der Waals surface area contributed by atoms with Crippen LogP contribution in [0, 0.1) is 17.0 Å². The van der Waals surface area contributed by atoms with Crippen LogP contribution in [0.1, 0.15) is 30.8 Å². The molecule has 0 spiro atoms. The lowest BCUT2D eigenvalue weighted by Gasteiger charge is -2.01. The second kappa shape index (κ2) is 5.15. The van der Waals surface area contributed by atoms with E-state index in [1.54, 1.807) is 13.0 Å². The number of hydrogen-bond acceptors (Lipinski definition) is 6. The van der Waals surface area contributed by atoms with E-state index in [0.717, 1.165) is 5.56 Å². The van der Waals surface area contributed by atoms with Gasteiger partial charge in [-0.3, -0.25) is 10.1 Å². The van der Waals surface area contributed by atoms with E-state index in [9.17, 15) is 10.1 Å². The van der Waals surface area contributed by atoms with Crippen molar-refractivity contribution < 1.29 is 9.34 Å². The zero-order valence-electron chi connectivity index (χ0n) is 10.7. The maximum absolute atomic E-state index is 10.8. The molecule has 0 aliphatic rings. The minimum Gasteiger partial charge on any atom is -0.419 e. The monoisotopic (exact) mass is 262 g/mol. The average Bonchev–Trinajstić information content (AvgIpc) is 2.86. The highest BCUT2D eigenvalue weighted by Crippen LogP contribution is 2.26. The van der Waals surface area contributed by atoms with Gasteiger partial charge in [0, 0.05) is 17.7 Å². The van der Waals surface area contributed by atoms with Gasteiger partial charge in [-0.15, -0.1) is 10.2 Å². The summed E-state index contributed by atoms with van der Waals surface area (Å²) in [6.07, 6.45) is 0.676. The molecule has 1 unspecified atom stereocenters. The van der Waals surface area contributed by atoms with Crippen LogP contribution >= 0.6 is 0 Å². The molecular weight excluding hydrogens is 248 g/mol. The van der Waals surface area contributed by atoms with Crippen LogP contribution in [-0.2, 0) is 0 Å². The lowest BCUT2D eigenvalue weighted by molar-refractivity contribution is -0.384. The normalized spacial score (nSPS) is 12.4. The minimum atomic E-state index is -0.453. The molecular formula is C12H14N4O3. The number of nitrogens with two attached hydrogens (primary N) is 1. The number of hydrogen-bond donors (Lipinski definition) is 1. The first-order valence-corrected chi connectivity index (χ1v) is 5.86. The van der Waals surface area contributed by atoms with Gasteiger partial charge in [0.05, 0.1) is 11.0 Å². The van der Waals surface area contributed by atoms with Gasteiger partial charge >= 0.3 is 0 Å². The fraction of sp³-hybridized carbons (Fsp3) is 0.333. The third-order valence-electron chi connectivity index (χ3n) is 2.72. The number of aromatic nitrogens is 2. The summed E-state index contributed by atoms with van der Waals surface area (Å²) < 4.78 is 5.44. The Morgan fingerprint density at radius 1 is 1.42 bits per heavy atom. The van der Waals surface area contributed by atoms with Gasteiger partial charge in [-0.05, 0) is 25.0 Å². The van der Waals surface area contributed by atoms with Crippen molar-refractivity contribution in [1.29, 1.82) is 0 Å². The molecule has 19 heavy (non-hydrogen) atoms. The molecule has 1 aromatic carbocycles. The number of nitro groups is 1. The van der Waals surface area contributed by atoms with Crippen LogP contribution in [0.3, 0.4) is 0 Å². The van der Waals surface area contributed by atoms with E-state index in [1.165, 1.54) is 12.1 Å². The summed E-state index contributed by atoms with van der Waals surface area (Å²) in [6.45, 7) is 3.68. The molecule has 0 aliphatic carbocycles. The van der Waals surface area contributed by atoms with Gasteiger partial charge in [0.15, 0.2) is 0 Å². The van der Waals surface area contributed by atoms with Crippen molar-refractivity contribution in [3.63, 3.8) is 0 Å². The predicted molar refractivity (Wildman–Crippen MR) is 68.3 cm³/mol. The zero-order valence-corrected chi connectivity index (χ0v) is 10.7. The van der Waals surface area contributed by atoms with E-state index in [0.29, 0.717) is 17.9 Å². The minimum absolute atomic E-state index is 0.00506. The van der Waals surface area contributed by atoms with Crippen molar-refractivity contribution in [2.75, 3.05) is 0 Å². The molecule has 2 N–H and O–H groups in total. The van der Waals surface area contributed by atoms with E-state index in [4.69, 9.17) is 10.2 Å². The second-order valence-corrected chi connectivity index (χ2v) is 4.27. The van der Waals surface area contributed by atoms with E-state index < -0.39 is 4.92 Å². The molecule has 0 radical (unpaired) electrons. The fourth-order valence-electron chi connectivity index (χ4n) is 1.67. The lowest BCUT2D eigenvalue weighted by Crippen LogP contribution is -2.08. The summed E-state index contributed by atoms with van der Waals surface area (Å²) in [6, 6.07) is 4.32. The number of benzene rings is 1. The first-order chi connectivity index (χ1) is 9.01. The fourth-order valence-corrected chi connectivity index (χ4v) is 1.67. The summed E-state index contributed by atoms with van der Waals surface area (Å²) in [7, 11) is 0. The molecule has 1 aromatic heterocycles. The van der Waals surface area contributed by atoms with Crippen LogP contribution in [0.25, 0.3) is 11.5 Å². The van der Waals surface area contributed by atoms with Crippen LogP contribution < -0.4 is 5.73 Å². The predicted octanol–water partition coefficient (Wildman–Crippen LogP) is 2.36. The Bertz CT molecular complexity index is 609. The Kier molecular flexibility index (Phi) is 3.57. The maximum atomic E-state index is 10.8. The van der Waals surface area contributed by atoms with Crippen molar-refractivity contribution in [3.8, 4) is 11.5 Å². The van der Waals surface area contributed by atoms with Crippen molar-refractivity contribution in [1.82, 2.24) is 10.2 Å². The van der Waals surface area contributed by atoms with Crippen molar-refractivity contribution in [2.24, 2.45) is 5.73 Å². The summed E-state index contributed by atoms with van der Waals surface area (Å²) >= 11 is 0. The third kappa shape index (κ3) is 2.76. The van der Waals surface area contributed by atoms with Gasteiger partial charge < -0.3 is 10.2 Å². The topological polar surface area (TPSA) is 108 Å². The van der Waals surface area contributed by atoms with Gasteiger partial charge in [-0.2, -0.15) is 0 Å². The quantitative estimate of drug-likeness (QED) is 0.669. The third-order valence-corrected chi connectivity index (χ3v) is 2.72. The summed E-state index contributed by atoms with van der Waals surface area (Å²) in [4.78, 5) is 10.4. The van der Waals surface area contributed by atoms with Crippen LogP contribution in [0.4, 0.5) is 5.69 Å². The van der Waals surface area contributed by atoms with Crippen molar-refractivity contribution in [3.05, 3.63) is 39.8 Å². The first-order valence-electron chi connectivity index (χ1n) is 5.86. The smallest absolute Gasteiger partial charge is 0.270 e. The van der Waals surface area contributed by atoms with Crippen LogP contribution in [0.2, 0.25) is 0 Å². The Hall–Kier alpha value is -2.28. The molecule has 0 amide bonds. The van der Waals surface area contributed by atoms with Crippen LogP contribution in [0.15, 0.2) is 22.6 Å². The highest BCUT2D eigenvalue weighted by atomic mass is 16.6. The van der Waals surface area contributed by atoms with Crippen molar-refractivity contribution >= 4 is 5.69 Å². The highest BCUT2D eigenvalue weighted by molar-refractivity contribution is 5.59. The largest absolute Gasteiger partial charge is 0.419 e. The summed E-state index contributed by atoms with van der Waals surface area (Å²) in [5.74, 6) is 0.576. The number of non-ortho nitro benzene ring substituents is 1. The molecule has 100 valence electrons. The molecule has 0 bridgehead atoms. The Balaban J connectivity index is 2.41. The molecule has 2 rings (SSSR count). The molecule has 2 aromatic rings. The average molecular weight is 262 g/mol. The Morgan fingerprint density at radius 3 is 2.79 bits per heavy atom. The van der Waals surface area contributed by atoms with Crippen LogP contribution in [0.5, 0.6) is 0 Å². The number of nitrogens with zero attached hydrogens (tertiary/aromatic N) is 3. The first kappa shape index (κ1) is 13.2. The maximum Gasteiger partial charge on any atom is 0.270 e.